The molecule has 4 aliphatic heterocycles. The van der Waals surface area contributed by atoms with Crippen LogP contribution < -0.4 is 29.8 Å². The minimum atomic E-state index is -1.00. The van der Waals surface area contributed by atoms with Gasteiger partial charge in [-0.15, -0.1) is 0 Å². The van der Waals surface area contributed by atoms with E-state index in [0.29, 0.717) is 70.7 Å². The Hall–Kier alpha value is -4.03. The van der Waals surface area contributed by atoms with Gasteiger partial charge in [-0.25, -0.2) is 5.84 Å². The van der Waals surface area contributed by atoms with Crippen LogP contribution in [-0.2, 0) is 0 Å². The topological polar surface area (TPSA) is 139 Å². The van der Waals surface area contributed by atoms with Crippen LogP contribution in [0.2, 0.25) is 0 Å². The lowest BCUT2D eigenvalue weighted by Gasteiger charge is -2.30. The number of anilines is 1. The smallest absolute Gasteiger partial charge is 0.256 e. The molecule has 8 rings (SSSR count). The minimum absolute atomic E-state index is 0.0102. The molecule has 2 aromatic carbocycles. The lowest BCUT2D eigenvalue weighted by Crippen LogP contribution is -2.51. The summed E-state index contributed by atoms with van der Waals surface area (Å²) in [7, 11) is 3.13. The van der Waals surface area contributed by atoms with Crippen molar-refractivity contribution in [2.45, 2.75) is 76.1 Å². The Morgan fingerprint density at radius 2 is 1.40 bits per heavy atom. The summed E-state index contributed by atoms with van der Waals surface area (Å²) in [6, 6.07) is 6.65. The highest BCUT2D eigenvalue weighted by atomic mass is 16.5. The number of hydrazine groups is 1. The molecular weight excluding hydrogens is 602 g/mol. The van der Waals surface area contributed by atoms with Crippen molar-refractivity contribution < 1.29 is 33.6 Å². The molecule has 2 saturated carbocycles. The normalized spacial score (nSPS) is 25.6. The number of benzene rings is 2. The molecule has 3 atom stereocenters. The zero-order valence-corrected chi connectivity index (χ0v) is 27.1. The van der Waals surface area contributed by atoms with Crippen molar-refractivity contribution in [3.05, 3.63) is 35.4 Å². The molecule has 47 heavy (non-hydrogen) atoms. The monoisotopic (exact) mass is 645 g/mol. The van der Waals surface area contributed by atoms with Crippen LogP contribution in [0.5, 0.6) is 23.0 Å². The number of methoxy groups -OCH3 is 2. The highest BCUT2D eigenvalue weighted by molar-refractivity contribution is 6.04. The van der Waals surface area contributed by atoms with Crippen LogP contribution in [0.1, 0.15) is 78.5 Å². The van der Waals surface area contributed by atoms with Gasteiger partial charge >= 0.3 is 0 Å². The number of rotatable bonds is 10. The van der Waals surface area contributed by atoms with E-state index in [-0.39, 0.29) is 29.3 Å². The first-order valence-corrected chi connectivity index (χ1v) is 16.8. The minimum Gasteiger partial charge on any atom is -0.493 e. The molecule has 0 radical (unpaired) electrons. The number of amides is 2. The first-order chi connectivity index (χ1) is 22.7. The van der Waals surface area contributed by atoms with Gasteiger partial charge in [-0.05, 0) is 80.8 Å². The zero-order valence-electron chi connectivity index (χ0n) is 27.1. The summed E-state index contributed by atoms with van der Waals surface area (Å²) in [5, 5.41) is 12.4. The second-order valence-electron chi connectivity index (χ2n) is 14.3. The summed E-state index contributed by atoms with van der Waals surface area (Å²) in [4.78, 5) is 35.4. The van der Waals surface area contributed by atoms with Crippen molar-refractivity contribution in [3.63, 3.8) is 0 Å². The molecule has 2 aromatic rings. The summed E-state index contributed by atoms with van der Waals surface area (Å²) in [5.74, 6) is 8.28. The lowest BCUT2D eigenvalue weighted by molar-refractivity contribution is 0.0513. The van der Waals surface area contributed by atoms with E-state index in [1.165, 1.54) is 17.9 Å². The van der Waals surface area contributed by atoms with Gasteiger partial charge in [0.15, 0.2) is 29.2 Å². The molecule has 2 amide bonds. The van der Waals surface area contributed by atoms with Crippen LogP contribution in [0.4, 0.5) is 11.4 Å². The van der Waals surface area contributed by atoms with E-state index < -0.39 is 6.23 Å². The van der Waals surface area contributed by atoms with E-state index in [4.69, 9.17) is 29.8 Å². The van der Waals surface area contributed by atoms with Gasteiger partial charge in [-0.1, -0.05) is 0 Å². The molecule has 2 aliphatic carbocycles. The van der Waals surface area contributed by atoms with Crippen molar-refractivity contribution in [1.82, 2.24) is 9.80 Å². The predicted molar refractivity (Wildman–Crippen MR) is 174 cm³/mol. The molecule has 2 saturated heterocycles. The number of carbonyl (C=O) groups excluding carboxylic acids is 2. The summed E-state index contributed by atoms with van der Waals surface area (Å²) in [6.45, 7) is 2.34. The summed E-state index contributed by atoms with van der Waals surface area (Å²) in [6.07, 6.45) is 9.60. The van der Waals surface area contributed by atoms with Crippen molar-refractivity contribution >= 4 is 29.4 Å². The number of hydrogen-bond acceptors (Lipinski definition) is 10. The van der Waals surface area contributed by atoms with E-state index in [1.807, 2.05) is 17.2 Å². The third kappa shape index (κ3) is 5.25. The molecule has 12 heteroatoms. The Balaban J connectivity index is 0.864. The van der Waals surface area contributed by atoms with Crippen molar-refractivity contribution in [2.75, 3.05) is 45.5 Å². The van der Waals surface area contributed by atoms with Crippen molar-refractivity contribution in [3.8, 4) is 23.0 Å². The fraction of sp³-hybridized carbons (Fsp3) is 0.571. The molecule has 0 aromatic heterocycles. The Bertz CT molecular complexity index is 1640. The van der Waals surface area contributed by atoms with Crippen LogP contribution in [0.25, 0.3) is 0 Å². The molecule has 0 bridgehead atoms. The highest BCUT2D eigenvalue weighted by Gasteiger charge is 2.57. The molecule has 250 valence electrons. The average Bonchev–Trinajstić information content (AvgIpc) is 3.96. The maximum atomic E-state index is 13.6. The number of aliphatic hydroxyl groups excluding tert-OH is 1. The standard InChI is InChI=1S/C35H43N5O7/c1-44-27-12-22-24(37-18-21-16-34(6-7-34)19-38(21)31(22)41)14-29(27)46-10-4-3-5-11-47-30-15-25-23(13-28(30)45-2)32(42)39-20-35(8-9-35)17-26(39)33(43)40(25)36/h12-15,18,21,26,33,43H,3-11,16-17,19-20,36H2,1-2H3. The van der Waals surface area contributed by atoms with Gasteiger partial charge in [0.2, 0.25) is 0 Å². The maximum absolute atomic E-state index is 13.6. The fourth-order valence-electron chi connectivity index (χ4n) is 7.97. The van der Waals surface area contributed by atoms with Crippen LogP contribution in [-0.4, -0.2) is 91.8 Å². The summed E-state index contributed by atoms with van der Waals surface area (Å²) >= 11 is 0. The Kier molecular flexibility index (Phi) is 7.29. The number of fused-ring (bicyclic) bond motifs is 4. The molecule has 12 nitrogen and oxygen atoms in total. The number of carbonyl (C=O) groups is 2. The number of nitrogens with zero attached hydrogens (tertiary/aromatic N) is 4. The maximum Gasteiger partial charge on any atom is 0.256 e. The number of aliphatic hydroxyl groups is 1. The van der Waals surface area contributed by atoms with Gasteiger partial charge < -0.3 is 33.9 Å². The van der Waals surface area contributed by atoms with Gasteiger partial charge in [0.1, 0.15) is 0 Å². The second kappa shape index (κ2) is 11.3. The zero-order chi connectivity index (χ0) is 32.5. The first-order valence-electron chi connectivity index (χ1n) is 16.8. The lowest BCUT2D eigenvalue weighted by atomic mass is 10.0. The van der Waals surface area contributed by atoms with Crippen molar-refractivity contribution in [1.29, 1.82) is 0 Å². The number of ether oxygens (including phenoxy) is 4. The SMILES string of the molecule is COc1cc2c(cc1OCCCCCOc1cc3c(cc1OC)C(=O)N1CC4(CC4)CC1C(O)N3N)N=CC1CC3(CC3)CN1C2=O. The number of hydrogen-bond donors (Lipinski definition) is 2. The largest absolute Gasteiger partial charge is 0.493 e. The third-order valence-electron chi connectivity index (χ3n) is 11.2. The van der Waals surface area contributed by atoms with Crippen LogP contribution in [0, 0.1) is 10.8 Å². The second-order valence-corrected chi connectivity index (χ2v) is 14.3. The quantitative estimate of drug-likeness (QED) is 0.289. The Morgan fingerprint density at radius 3 is 2.06 bits per heavy atom. The summed E-state index contributed by atoms with van der Waals surface area (Å²) in [5.41, 5.74) is 2.45. The van der Waals surface area contributed by atoms with Crippen LogP contribution in [0.15, 0.2) is 29.3 Å². The molecule has 6 aliphatic rings. The van der Waals surface area contributed by atoms with Crippen LogP contribution >= 0.6 is 0 Å². The van der Waals surface area contributed by atoms with E-state index in [2.05, 4.69) is 0 Å². The van der Waals surface area contributed by atoms with Crippen LogP contribution in [0.3, 0.4) is 0 Å². The van der Waals surface area contributed by atoms with E-state index in [0.717, 1.165) is 51.5 Å². The summed E-state index contributed by atoms with van der Waals surface area (Å²) < 4.78 is 23.4. The Labute approximate surface area is 274 Å². The number of unbranched alkanes of at least 4 members (excludes halogenated alkanes) is 2. The van der Waals surface area contributed by atoms with Gasteiger partial charge in [-0.3, -0.25) is 19.6 Å². The van der Waals surface area contributed by atoms with Crippen molar-refractivity contribution in [2.24, 2.45) is 21.7 Å². The van der Waals surface area contributed by atoms with Gasteiger partial charge in [0.25, 0.3) is 11.8 Å². The molecule has 2 spiro atoms. The number of nitrogens with two attached hydrogens (primary N) is 1. The third-order valence-corrected chi connectivity index (χ3v) is 11.2. The molecule has 3 N–H and O–H groups in total. The Morgan fingerprint density at radius 1 is 0.809 bits per heavy atom. The highest BCUT2D eigenvalue weighted by Crippen LogP contribution is 2.57. The molecular formula is C35H43N5O7. The van der Waals surface area contributed by atoms with Gasteiger partial charge in [0.05, 0.1) is 62.0 Å². The fourth-order valence-corrected chi connectivity index (χ4v) is 7.97. The van der Waals surface area contributed by atoms with E-state index in [9.17, 15) is 14.7 Å². The van der Waals surface area contributed by atoms with E-state index in [1.54, 1.807) is 37.3 Å². The first kappa shape index (κ1) is 30.3. The molecule has 3 unspecified atom stereocenters. The number of aliphatic imine (C=N–C) groups is 1. The predicted octanol–water partition coefficient (Wildman–Crippen LogP) is 4.05. The molecule has 4 fully saturated rings. The molecule has 4 heterocycles. The van der Waals surface area contributed by atoms with Gasteiger partial charge in [-0.2, -0.15) is 0 Å². The van der Waals surface area contributed by atoms with Gasteiger partial charge in [0, 0.05) is 31.4 Å². The van der Waals surface area contributed by atoms with E-state index >= 15 is 0 Å². The average molecular weight is 646 g/mol.